The summed E-state index contributed by atoms with van der Waals surface area (Å²) in [6, 6.07) is 10.0. The summed E-state index contributed by atoms with van der Waals surface area (Å²) in [6.45, 7) is 6.72. The lowest BCUT2D eigenvalue weighted by Crippen LogP contribution is -2.41. The number of nitrogens with zero attached hydrogens (tertiary/aromatic N) is 1. The van der Waals surface area contributed by atoms with Gasteiger partial charge in [0.1, 0.15) is 6.17 Å². The van der Waals surface area contributed by atoms with Crippen LogP contribution in [0.1, 0.15) is 32.5 Å². The van der Waals surface area contributed by atoms with Gasteiger partial charge in [-0.25, -0.2) is 0 Å². The Bertz CT molecular complexity index is 447. The van der Waals surface area contributed by atoms with Gasteiger partial charge in [0.15, 0.2) is 0 Å². The Morgan fingerprint density at radius 2 is 1.90 bits per heavy atom. The van der Waals surface area contributed by atoms with Crippen LogP contribution in [0.2, 0.25) is 0 Å². The molecule has 1 aromatic rings. The summed E-state index contributed by atoms with van der Waals surface area (Å²) in [6.07, 6.45) is -0.0683. The van der Waals surface area contributed by atoms with Gasteiger partial charge in [0.2, 0.25) is 5.91 Å². The predicted octanol–water partition coefficient (Wildman–Crippen LogP) is 2.18. The summed E-state index contributed by atoms with van der Waals surface area (Å²) < 4.78 is 5.22. The topological polar surface area (TPSA) is 41.6 Å². The van der Waals surface area contributed by atoms with Gasteiger partial charge in [-0.3, -0.25) is 10.1 Å². The number of methoxy groups -OCH3 is 1. The van der Waals surface area contributed by atoms with Gasteiger partial charge in [-0.2, -0.15) is 0 Å². The van der Waals surface area contributed by atoms with Crippen LogP contribution >= 0.6 is 0 Å². The highest BCUT2D eigenvalue weighted by Crippen LogP contribution is 2.29. The number of hydrogen-bond donors (Lipinski definition) is 1. The van der Waals surface area contributed by atoms with Crippen LogP contribution in [0.15, 0.2) is 30.3 Å². The standard InChI is InChI=1S/C16H24N2O2/c1-11(2)14-16(19)18(12(3)10-20-4)15(17-14)13-8-6-5-7-9-13/h5-9,11-12,14-15,17H,10H2,1-4H3. The Hall–Kier alpha value is -1.39. The summed E-state index contributed by atoms with van der Waals surface area (Å²) >= 11 is 0. The number of nitrogens with one attached hydrogen (secondary N) is 1. The minimum Gasteiger partial charge on any atom is -0.383 e. The van der Waals surface area contributed by atoms with Crippen LogP contribution in [-0.4, -0.2) is 36.6 Å². The average Bonchev–Trinajstić information content (AvgIpc) is 2.78. The average molecular weight is 276 g/mol. The number of benzene rings is 1. The van der Waals surface area contributed by atoms with Crippen LogP contribution < -0.4 is 5.32 Å². The first kappa shape index (κ1) is 15.0. The van der Waals surface area contributed by atoms with E-state index >= 15 is 0 Å². The summed E-state index contributed by atoms with van der Waals surface area (Å²) in [5, 5.41) is 3.47. The maximum absolute atomic E-state index is 12.7. The zero-order chi connectivity index (χ0) is 14.7. The van der Waals surface area contributed by atoms with E-state index in [1.165, 1.54) is 0 Å². The Balaban J connectivity index is 2.30. The number of ether oxygens (including phenoxy) is 1. The molecule has 110 valence electrons. The number of amides is 1. The van der Waals surface area contributed by atoms with E-state index in [2.05, 4.69) is 31.3 Å². The molecule has 4 nitrogen and oxygen atoms in total. The molecule has 1 saturated heterocycles. The lowest BCUT2D eigenvalue weighted by atomic mass is 10.0. The molecule has 1 aliphatic rings. The van der Waals surface area contributed by atoms with Crippen molar-refractivity contribution in [2.45, 2.75) is 39.0 Å². The fourth-order valence-corrected chi connectivity index (χ4v) is 2.77. The van der Waals surface area contributed by atoms with Gasteiger partial charge in [0.25, 0.3) is 0 Å². The molecule has 0 saturated carbocycles. The highest BCUT2D eigenvalue weighted by atomic mass is 16.5. The van der Waals surface area contributed by atoms with Gasteiger partial charge in [0, 0.05) is 7.11 Å². The van der Waals surface area contributed by atoms with Gasteiger partial charge in [-0.1, -0.05) is 44.2 Å². The molecular weight excluding hydrogens is 252 g/mol. The molecule has 2 rings (SSSR count). The zero-order valence-corrected chi connectivity index (χ0v) is 12.7. The fourth-order valence-electron chi connectivity index (χ4n) is 2.77. The quantitative estimate of drug-likeness (QED) is 0.896. The number of carbonyl (C=O) groups excluding carboxylic acids is 1. The van der Waals surface area contributed by atoms with Crippen molar-refractivity contribution in [3.05, 3.63) is 35.9 Å². The van der Waals surface area contributed by atoms with Crippen molar-refractivity contribution < 1.29 is 9.53 Å². The van der Waals surface area contributed by atoms with E-state index in [0.717, 1.165) is 5.56 Å². The second kappa shape index (κ2) is 6.37. The second-order valence-corrected chi connectivity index (χ2v) is 5.75. The molecule has 0 aliphatic carbocycles. The molecule has 1 amide bonds. The highest BCUT2D eigenvalue weighted by Gasteiger charge is 2.42. The van der Waals surface area contributed by atoms with Crippen LogP contribution in [0.5, 0.6) is 0 Å². The van der Waals surface area contributed by atoms with Crippen molar-refractivity contribution >= 4 is 5.91 Å². The first-order valence-corrected chi connectivity index (χ1v) is 7.18. The number of rotatable bonds is 5. The molecule has 3 unspecified atom stereocenters. The zero-order valence-electron chi connectivity index (χ0n) is 12.7. The molecule has 0 spiro atoms. The van der Waals surface area contributed by atoms with Gasteiger partial charge >= 0.3 is 0 Å². The van der Waals surface area contributed by atoms with Crippen LogP contribution in [-0.2, 0) is 9.53 Å². The minimum atomic E-state index is -0.125. The van der Waals surface area contributed by atoms with Gasteiger partial charge in [-0.15, -0.1) is 0 Å². The van der Waals surface area contributed by atoms with Crippen molar-refractivity contribution in [3.8, 4) is 0 Å². The van der Waals surface area contributed by atoms with Crippen LogP contribution in [0.25, 0.3) is 0 Å². The summed E-state index contributed by atoms with van der Waals surface area (Å²) in [5.74, 6) is 0.437. The third-order valence-corrected chi connectivity index (χ3v) is 3.80. The molecule has 0 bridgehead atoms. The van der Waals surface area contributed by atoms with Crippen molar-refractivity contribution in [3.63, 3.8) is 0 Å². The molecule has 20 heavy (non-hydrogen) atoms. The van der Waals surface area contributed by atoms with E-state index < -0.39 is 0 Å². The highest BCUT2D eigenvalue weighted by molar-refractivity contribution is 5.85. The van der Waals surface area contributed by atoms with Gasteiger partial charge in [-0.05, 0) is 18.4 Å². The van der Waals surface area contributed by atoms with E-state index in [9.17, 15) is 4.79 Å². The maximum atomic E-state index is 12.7. The summed E-state index contributed by atoms with van der Waals surface area (Å²) in [4.78, 5) is 14.6. The van der Waals surface area contributed by atoms with E-state index in [1.54, 1.807) is 7.11 Å². The van der Waals surface area contributed by atoms with Gasteiger partial charge in [0.05, 0.1) is 18.7 Å². The SMILES string of the molecule is COCC(C)N1C(=O)C(C(C)C)NC1c1ccccc1. The van der Waals surface area contributed by atoms with Crippen molar-refractivity contribution in [2.24, 2.45) is 5.92 Å². The molecule has 1 aliphatic heterocycles. The van der Waals surface area contributed by atoms with E-state index in [0.29, 0.717) is 6.61 Å². The molecule has 0 aromatic heterocycles. The van der Waals surface area contributed by atoms with Crippen molar-refractivity contribution in [2.75, 3.05) is 13.7 Å². The number of hydrogen-bond acceptors (Lipinski definition) is 3. The second-order valence-electron chi connectivity index (χ2n) is 5.75. The van der Waals surface area contributed by atoms with Crippen LogP contribution in [0, 0.1) is 5.92 Å². The third-order valence-electron chi connectivity index (χ3n) is 3.80. The maximum Gasteiger partial charge on any atom is 0.241 e. The monoisotopic (exact) mass is 276 g/mol. The molecule has 1 heterocycles. The summed E-state index contributed by atoms with van der Waals surface area (Å²) in [7, 11) is 1.67. The molecule has 1 N–H and O–H groups in total. The van der Waals surface area contributed by atoms with E-state index in [1.807, 2.05) is 30.0 Å². The predicted molar refractivity (Wildman–Crippen MR) is 79.1 cm³/mol. The molecule has 4 heteroatoms. The van der Waals surface area contributed by atoms with Crippen LogP contribution in [0.4, 0.5) is 0 Å². The van der Waals surface area contributed by atoms with Crippen molar-refractivity contribution in [1.82, 2.24) is 10.2 Å². The Labute approximate surface area is 121 Å². The molecule has 1 fully saturated rings. The first-order chi connectivity index (χ1) is 9.56. The Morgan fingerprint density at radius 1 is 1.25 bits per heavy atom. The first-order valence-electron chi connectivity index (χ1n) is 7.18. The minimum absolute atomic E-state index is 0.0500. The molecular formula is C16H24N2O2. The Morgan fingerprint density at radius 3 is 2.45 bits per heavy atom. The smallest absolute Gasteiger partial charge is 0.241 e. The fraction of sp³-hybridized carbons (Fsp3) is 0.562. The normalized spacial score (nSPS) is 24.4. The lowest BCUT2D eigenvalue weighted by molar-refractivity contribution is -0.133. The molecule has 0 radical (unpaired) electrons. The van der Waals surface area contributed by atoms with Crippen molar-refractivity contribution in [1.29, 1.82) is 0 Å². The molecule has 1 aromatic carbocycles. The van der Waals surface area contributed by atoms with E-state index in [4.69, 9.17) is 4.74 Å². The largest absolute Gasteiger partial charge is 0.383 e. The van der Waals surface area contributed by atoms with Gasteiger partial charge < -0.3 is 9.64 Å². The Kier molecular flexibility index (Phi) is 4.78. The third kappa shape index (κ3) is 2.86. The van der Waals surface area contributed by atoms with Crippen LogP contribution in [0.3, 0.4) is 0 Å². The lowest BCUT2D eigenvalue weighted by Gasteiger charge is -2.30. The van der Waals surface area contributed by atoms with E-state index in [-0.39, 0.29) is 30.1 Å². The molecule has 3 atom stereocenters. The summed E-state index contributed by atoms with van der Waals surface area (Å²) in [5.41, 5.74) is 1.12. The number of carbonyl (C=O) groups is 1.